The van der Waals surface area contributed by atoms with Crippen molar-refractivity contribution in [2.24, 2.45) is 0 Å². The molecule has 3 nitrogen and oxygen atoms in total. The van der Waals surface area contributed by atoms with Crippen molar-refractivity contribution in [1.82, 2.24) is 9.97 Å². The van der Waals surface area contributed by atoms with Crippen LogP contribution in [0.3, 0.4) is 0 Å². The summed E-state index contributed by atoms with van der Waals surface area (Å²) >= 11 is -1.77. The summed E-state index contributed by atoms with van der Waals surface area (Å²) in [6.07, 6.45) is 3.94. The van der Waals surface area contributed by atoms with E-state index in [4.69, 9.17) is 4.42 Å². The van der Waals surface area contributed by atoms with Crippen LogP contribution in [-0.4, -0.2) is 23.2 Å². The molecule has 0 atom stereocenters. The van der Waals surface area contributed by atoms with E-state index in [1.165, 1.54) is 15.5 Å². The third-order valence-corrected chi connectivity index (χ3v) is 12.6. The topological polar surface area (TPSA) is 38.9 Å². The zero-order valence-electron chi connectivity index (χ0n) is 27.2. The molecule has 7 rings (SSSR count). The minimum Gasteiger partial charge on any atom is 0 e. The maximum atomic E-state index is 6.33. The summed E-state index contributed by atoms with van der Waals surface area (Å²) in [6.45, 7) is 6.58. The molecule has 0 fully saturated rings. The van der Waals surface area contributed by atoms with Gasteiger partial charge in [-0.05, 0) is 28.6 Å². The minimum atomic E-state index is -1.77. The van der Waals surface area contributed by atoms with Gasteiger partial charge in [0.2, 0.25) is 0 Å². The number of para-hydroxylation sites is 1. The predicted octanol–water partition coefficient (Wildman–Crippen LogP) is 10.6. The number of fused-ring (bicyclic) bond motifs is 3. The fourth-order valence-corrected chi connectivity index (χ4v) is 9.30. The van der Waals surface area contributed by atoms with Crippen LogP contribution < -0.4 is 4.40 Å². The molecule has 46 heavy (non-hydrogen) atoms. The van der Waals surface area contributed by atoms with Gasteiger partial charge >= 0.3 is 106 Å². The van der Waals surface area contributed by atoms with Crippen LogP contribution in [0.25, 0.3) is 55.6 Å². The molecule has 0 amide bonds. The molecule has 0 N–H and O–H groups in total. The number of rotatable bonds is 5. The van der Waals surface area contributed by atoms with E-state index in [1.54, 1.807) is 0 Å². The number of benzene rings is 4. The van der Waals surface area contributed by atoms with E-state index in [0.717, 1.165) is 55.6 Å². The number of pyridine rings is 2. The summed E-state index contributed by atoms with van der Waals surface area (Å²) in [5.74, 6) is 7.67. The SMILES string of the molecule is CC(C)c1ccnc(-c2[c-]cc3c(c2)oc2c(-c4ccccc4)cccc23)c1.Cc1cc(-c2[c-]cccc2)nc[c]1[Ge]([CH3])([CH3])[CH3].[Ir]. The van der Waals surface area contributed by atoms with Crippen LogP contribution in [-0.2, 0) is 20.1 Å². The zero-order chi connectivity index (χ0) is 31.6. The number of aromatic nitrogens is 2. The van der Waals surface area contributed by atoms with Gasteiger partial charge in [0.1, 0.15) is 5.58 Å². The normalized spacial score (nSPS) is 11.3. The van der Waals surface area contributed by atoms with E-state index >= 15 is 0 Å². The van der Waals surface area contributed by atoms with Crippen molar-refractivity contribution in [3.05, 3.63) is 139 Å². The Morgan fingerprint density at radius 1 is 0.739 bits per heavy atom. The molecule has 5 heteroatoms. The second-order valence-corrected chi connectivity index (χ2v) is 23.4. The van der Waals surface area contributed by atoms with Crippen molar-refractivity contribution in [3.63, 3.8) is 0 Å². The Balaban J connectivity index is 0.000000200. The Hall–Kier alpha value is -3.83. The number of hydrogen-bond donors (Lipinski definition) is 0. The molecule has 3 heterocycles. The van der Waals surface area contributed by atoms with E-state index in [2.05, 4.69) is 139 Å². The van der Waals surface area contributed by atoms with Gasteiger partial charge in [0.25, 0.3) is 0 Å². The quantitative estimate of drug-likeness (QED) is 0.128. The average Bonchev–Trinajstić information content (AvgIpc) is 3.43. The first kappa shape index (κ1) is 33.5. The van der Waals surface area contributed by atoms with Gasteiger partial charge in [-0.3, -0.25) is 0 Å². The number of furan rings is 1. The van der Waals surface area contributed by atoms with Crippen LogP contribution in [0.2, 0.25) is 17.3 Å². The second kappa shape index (κ2) is 14.3. The van der Waals surface area contributed by atoms with E-state index in [-0.39, 0.29) is 20.1 Å². The van der Waals surface area contributed by atoms with E-state index in [1.807, 2.05) is 36.5 Å². The molecule has 0 bridgehead atoms. The van der Waals surface area contributed by atoms with Crippen LogP contribution in [0.1, 0.15) is 30.9 Å². The molecule has 1 radical (unpaired) electrons. The monoisotopic (exact) mass is 841 g/mol. The van der Waals surface area contributed by atoms with E-state index in [0.29, 0.717) is 5.92 Å². The van der Waals surface area contributed by atoms with Gasteiger partial charge in [0, 0.05) is 31.9 Å². The molecule has 0 aliphatic carbocycles. The van der Waals surface area contributed by atoms with Crippen molar-refractivity contribution in [2.75, 3.05) is 0 Å². The van der Waals surface area contributed by atoms with Gasteiger partial charge in [0.15, 0.2) is 0 Å². The van der Waals surface area contributed by atoms with Gasteiger partial charge in [0.05, 0.1) is 5.58 Å². The fraction of sp³-hybridized carbons (Fsp3) is 0.171. The summed E-state index contributed by atoms with van der Waals surface area (Å²) in [7, 11) is 0. The summed E-state index contributed by atoms with van der Waals surface area (Å²) in [6, 6.07) is 41.8. The molecule has 0 saturated heterocycles. The maximum Gasteiger partial charge on any atom is 0 e. The van der Waals surface area contributed by atoms with Gasteiger partial charge in [-0.15, -0.1) is 17.7 Å². The zero-order valence-corrected chi connectivity index (χ0v) is 31.7. The predicted molar refractivity (Wildman–Crippen MR) is 192 cm³/mol. The van der Waals surface area contributed by atoms with Crippen molar-refractivity contribution in [2.45, 2.75) is 44.0 Å². The van der Waals surface area contributed by atoms with E-state index in [9.17, 15) is 0 Å². The Morgan fingerprint density at radius 3 is 2.20 bits per heavy atom. The molecule has 3 aromatic heterocycles. The van der Waals surface area contributed by atoms with Crippen molar-refractivity contribution in [1.29, 1.82) is 0 Å². The third kappa shape index (κ3) is 7.26. The van der Waals surface area contributed by atoms with Crippen molar-refractivity contribution < 1.29 is 24.5 Å². The summed E-state index contributed by atoms with van der Waals surface area (Å²) in [5, 5.41) is 2.19. The smallest absolute Gasteiger partial charge is 0 e. The van der Waals surface area contributed by atoms with Crippen LogP contribution in [0.15, 0.2) is 120 Å². The summed E-state index contributed by atoms with van der Waals surface area (Å²) in [5.41, 5.74) is 10.7. The van der Waals surface area contributed by atoms with E-state index < -0.39 is 13.3 Å². The summed E-state index contributed by atoms with van der Waals surface area (Å²) in [4.78, 5) is 9.14. The van der Waals surface area contributed by atoms with Gasteiger partial charge in [-0.25, -0.2) is 0 Å². The van der Waals surface area contributed by atoms with Gasteiger partial charge < -0.3 is 9.40 Å². The number of hydrogen-bond acceptors (Lipinski definition) is 3. The average molecular weight is 840 g/mol. The van der Waals surface area contributed by atoms with Crippen LogP contribution in [0, 0.1) is 19.1 Å². The largest absolute Gasteiger partial charge is 0 e. The Kier molecular flexibility index (Phi) is 10.4. The first-order chi connectivity index (χ1) is 21.7. The molecule has 0 saturated carbocycles. The van der Waals surface area contributed by atoms with Gasteiger partial charge in [-0.1, -0.05) is 85.5 Å². The van der Waals surface area contributed by atoms with Crippen molar-refractivity contribution >= 4 is 39.6 Å². The standard InChI is InChI=1S/C26H20NO.C15H18GeN.Ir/c1-17(2)19-13-14-27-24(15-19)20-11-12-22-23-10-6-9-21(18-7-4-3-5-8-18)26(23)28-25(22)16-20;1-12-10-15(13-8-6-5-7-9-13)17-11-14(12)16(2,3)4;/h3-10,12-17H,1-2H3;5-8,10-11H,1-4H3;/q2*-1;. The summed E-state index contributed by atoms with van der Waals surface area (Å²) < 4.78 is 7.82. The Bertz CT molecular complexity index is 2080. The molecule has 0 aliphatic heterocycles. The van der Waals surface area contributed by atoms with Gasteiger partial charge in [-0.2, -0.15) is 0 Å². The second-order valence-electron chi connectivity index (χ2n) is 12.8. The molecule has 7 aromatic rings. The Labute approximate surface area is 288 Å². The fourth-order valence-electron chi connectivity index (χ4n) is 5.72. The number of nitrogens with zero attached hydrogens (tertiary/aromatic N) is 2. The Morgan fingerprint density at radius 2 is 1.50 bits per heavy atom. The van der Waals surface area contributed by atoms with Crippen LogP contribution in [0.4, 0.5) is 0 Å². The first-order valence-corrected chi connectivity index (χ1v) is 22.9. The molecule has 233 valence electrons. The first-order valence-electron chi connectivity index (χ1n) is 15.5. The number of aryl methyl sites for hydroxylation is 1. The van der Waals surface area contributed by atoms with Crippen LogP contribution >= 0.6 is 0 Å². The molecule has 0 spiro atoms. The maximum absolute atomic E-state index is 6.33. The molecule has 0 aliphatic rings. The molecule has 4 aromatic carbocycles. The molecular weight excluding hydrogens is 801 g/mol. The third-order valence-electron chi connectivity index (χ3n) is 8.15. The molecular formula is C41H38GeIrN2O-2. The molecule has 0 unspecified atom stereocenters. The minimum absolute atomic E-state index is 0. The van der Waals surface area contributed by atoms with Crippen LogP contribution in [0.5, 0.6) is 0 Å². The van der Waals surface area contributed by atoms with Crippen molar-refractivity contribution in [3.8, 4) is 33.6 Å².